The van der Waals surface area contributed by atoms with Crippen LogP contribution in [0.3, 0.4) is 0 Å². The fraction of sp³-hybridized carbons (Fsp3) is 0.632. The molecule has 3 rings (SSSR count). The van der Waals surface area contributed by atoms with E-state index in [2.05, 4.69) is 22.3 Å². The molecule has 1 aromatic rings. The van der Waals surface area contributed by atoms with Gasteiger partial charge in [-0.3, -0.25) is 4.79 Å². The van der Waals surface area contributed by atoms with Crippen molar-refractivity contribution < 1.29 is 9.53 Å². The maximum atomic E-state index is 13.4. The topological polar surface area (TPSA) is 41.6 Å². The fourth-order valence-corrected chi connectivity index (χ4v) is 4.03. The van der Waals surface area contributed by atoms with Gasteiger partial charge in [-0.1, -0.05) is 30.3 Å². The van der Waals surface area contributed by atoms with Gasteiger partial charge in [0.15, 0.2) is 0 Å². The molecule has 2 aliphatic rings. The summed E-state index contributed by atoms with van der Waals surface area (Å²) in [6.45, 7) is 4.19. The molecular weight excluding hydrogens is 288 g/mol. The predicted molar refractivity (Wildman–Crippen MR) is 91.4 cm³/mol. The summed E-state index contributed by atoms with van der Waals surface area (Å²) in [6.07, 6.45) is 3.81. The van der Waals surface area contributed by atoms with Crippen LogP contribution >= 0.6 is 0 Å². The summed E-state index contributed by atoms with van der Waals surface area (Å²) in [7, 11) is 2.00. The predicted octanol–water partition coefficient (Wildman–Crippen LogP) is 2.19. The minimum atomic E-state index is -0.380. The van der Waals surface area contributed by atoms with E-state index in [-0.39, 0.29) is 5.41 Å². The Kier molecular flexibility index (Phi) is 5.34. The standard InChI is InChI=1S/C19H28N2O2/c1-20-15-16-7-11-21(12-8-16)18(22)19(9-13-23-14-10-19)17-5-3-2-4-6-17/h2-6,16,20H,7-15H2,1H3. The summed E-state index contributed by atoms with van der Waals surface area (Å²) in [5.74, 6) is 1.02. The number of nitrogens with zero attached hydrogens (tertiary/aromatic N) is 1. The molecule has 0 atom stereocenters. The maximum Gasteiger partial charge on any atom is 0.233 e. The first-order valence-electron chi connectivity index (χ1n) is 8.83. The first kappa shape index (κ1) is 16.5. The summed E-state index contributed by atoms with van der Waals surface area (Å²) >= 11 is 0. The number of hydrogen-bond acceptors (Lipinski definition) is 3. The van der Waals surface area contributed by atoms with Gasteiger partial charge in [-0.2, -0.15) is 0 Å². The Hall–Kier alpha value is -1.39. The number of ether oxygens (including phenoxy) is 1. The lowest BCUT2D eigenvalue weighted by molar-refractivity contribution is -0.142. The molecule has 1 N–H and O–H groups in total. The lowest BCUT2D eigenvalue weighted by atomic mass is 9.72. The molecule has 0 spiro atoms. The second-order valence-electron chi connectivity index (χ2n) is 6.85. The van der Waals surface area contributed by atoms with Gasteiger partial charge in [0, 0.05) is 26.3 Å². The zero-order valence-electron chi connectivity index (χ0n) is 14.1. The van der Waals surface area contributed by atoms with Gasteiger partial charge in [-0.25, -0.2) is 0 Å². The average molecular weight is 316 g/mol. The van der Waals surface area contributed by atoms with Gasteiger partial charge in [0.2, 0.25) is 5.91 Å². The number of nitrogens with one attached hydrogen (secondary N) is 1. The van der Waals surface area contributed by atoms with Crippen molar-refractivity contribution >= 4 is 5.91 Å². The number of carbonyl (C=O) groups excluding carboxylic acids is 1. The Morgan fingerprint density at radius 3 is 2.48 bits per heavy atom. The van der Waals surface area contributed by atoms with Crippen LogP contribution in [0.25, 0.3) is 0 Å². The molecule has 1 aromatic carbocycles. The Morgan fingerprint density at radius 2 is 1.87 bits per heavy atom. The van der Waals surface area contributed by atoms with E-state index in [0.29, 0.717) is 25.0 Å². The number of likely N-dealkylation sites (tertiary alicyclic amines) is 1. The van der Waals surface area contributed by atoms with E-state index in [0.717, 1.165) is 50.9 Å². The van der Waals surface area contributed by atoms with Crippen molar-refractivity contribution in [2.75, 3.05) is 39.9 Å². The molecule has 0 radical (unpaired) electrons. The highest BCUT2D eigenvalue weighted by Gasteiger charge is 2.44. The van der Waals surface area contributed by atoms with Gasteiger partial charge in [-0.15, -0.1) is 0 Å². The van der Waals surface area contributed by atoms with Crippen LogP contribution in [0.15, 0.2) is 30.3 Å². The molecule has 23 heavy (non-hydrogen) atoms. The van der Waals surface area contributed by atoms with Crippen LogP contribution in [-0.4, -0.2) is 50.7 Å². The summed E-state index contributed by atoms with van der Waals surface area (Å²) in [6, 6.07) is 10.3. The molecule has 0 aromatic heterocycles. The maximum absolute atomic E-state index is 13.4. The van der Waals surface area contributed by atoms with E-state index < -0.39 is 0 Å². The molecule has 0 aliphatic carbocycles. The number of carbonyl (C=O) groups is 1. The number of amides is 1. The molecule has 2 heterocycles. The van der Waals surface area contributed by atoms with Crippen molar-refractivity contribution in [1.82, 2.24) is 10.2 Å². The van der Waals surface area contributed by atoms with Gasteiger partial charge < -0.3 is 15.0 Å². The number of benzene rings is 1. The lowest BCUT2D eigenvalue weighted by Gasteiger charge is -2.42. The van der Waals surface area contributed by atoms with Crippen molar-refractivity contribution in [3.8, 4) is 0 Å². The van der Waals surface area contributed by atoms with Crippen molar-refractivity contribution in [1.29, 1.82) is 0 Å². The van der Waals surface area contributed by atoms with Gasteiger partial charge >= 0.3 is 0 Å². The van der Waals surface area contributed by atoms with E-state index in [9.17, 15) is 4.79 Å². The lowest BCUT2D eigenvalue weighted by Crippen LogP contribution is -2.52. The third kappa shape index (κ3) is 3.43. The molecule has 4 heteroatoms. The molecule has 2 saturated heterocycles. The Labute approximate surface area is 139 Å². The Bertz CT molecular complexity index is 503. The quantitative estimate of drug-likeness (QED) is 0.926. The monoisotopic (exact) mass is 316 g/mol. The normalized spacial score (nSPS) is 22.0. The number of rotatable bonds is 4. The molecule has 0 bridgehead atoms. The van der Waals surface area contributed by atoms with Crippen LogP contribution in [0.5, 0.6) is 0 Å². The van der Waals surface area contributed by atoms with Gasteiger partial charge in [0.05, 0.1) is 5.41 Å². The minimum Gasteiger partial charge on any atom is -0.381 e. The van der Waals surface area contributed by atoms with E-state index >= 15 is 0 Å². The van der Waals surface area contributed by atoms with Crippen LogP contribution in [0.2, 0.25) is 0 Å². The third-order valence-corrected chi connectivity index (χ3v) is 5.48. The van der Waals surface area contributed by atoms with E-state index in [4.69, 9.17) is 4.74 Å². The second-order valence-corrected chi connectivity index (χ2v) is 6.85. The van der Waals surface area contributed by atoms with E-state index in [1.54, 1.807) is 0 Å². The highest BCUT2D eigenvalue weighted by atomic mass is 16.5. The first-order valence-corrected chi connectivity index (χ1v) is 8.83. The fourth-order valence-electron chi connectivity index (χ4n) is 4.03. The summed E-state index contributed by atoms with van der Waals surface area (Å²) in [4.78, 5) is 15.5. The number of piperidine rings is 1. The minimum absolute atomic E-state index is 0.315. The second kappa shape index (κ2) is 7.45. The van der Waals surface area contributed by atoms with Crippen LogP contribution < -0.4 is 5.32 Å². The van der Waals surface area contributed by atoms with Crippen molar-refractivity contribution in [3.63, 3.8) is 0 Å². The molecule has 0 saturated carbocycles. The molecule has 2 aliphatic heterocycles. The van der Waals surface area contributed by atoms with Crippen molar-refractivity contribution in [2.45, 2.75) is 31.1 Å². The Morgan fingerprint density at radius 1 is 1.22 bits per heavy atom. The van der Waals surface area contributed by atoms with Crippen LogP contribution in [-0.2, 0) is 14.9 Å². The highest BCUT2D eigenvalue weighted by Crippen LogP contribution is 2.37. The molecule has 0 unspecified atom stereocenters. The van der Waals surface area contributed by atoms with Gasteiger partial charge in [0.1, 0.15) is 0 Å². The zero-order valence-corrected chi connectivity index (χ0v) is 14.1. The van der Waals surface area contributed by atoms with E-state index in [1.807, 2.05) is 25.2 Å². The molecular formula is C19H28N2O2. The van der Waals surface area contributed by atoms with Crippen molar-refractivity contribution in [2.24, 2.45) is 5.92 Å². The Balaban J connectivity index is 1.77. The van der Waals surface area contributed by atoms with Gasteiger partial charge in [0.25, 0.3) is 0 Å². The van der Waals surface area contributed by atoms with Crippen LogP contribution in [0, 0.1) is 5.92 Å². The molecule has 2 fully saturated rings. The van der Waals surface area contributed by atoms with Crippen molar-refractivity contribution in [3.05, 3.63) is 35.9 Å². The average Bonchev–Trinajstić information content (AvgIpc) is 2.63. The molecule has 4 nitrogen and oxygen atoms in total. The van der Waals surface area contributed by atoms with Crippen LogP contribution in [0.1, 0.15) is 31.2 Å². The largest absolute Gasteiger partial charge is 0.381 e. The summed E-state index contributed by atoms with van der Waals surface area (Å²) in [5.41, 5.74) is 0.778. The molecule has 126 valence electrons. The first-order chi connectivity index (χ1) is 11.3. The van der Waals surface area contributed by atoms with E-state index in [1.165, 1.54) is 0 Å². The van der Waals surface area contributed by atoms with Crippen LogP contribution in [0.4, 0.5) is 0 Å². The zero-order chi connectivity index (χ0) is 16.1. The number of hydrogen-bond donors (Lipinski definition) is 1. The van der Waals surface area contributed by atoms with Gasteiger partial charge in [-0.05, 0) is 50.8 Å². The third-order valence-electron chi connectivity index (χ3n) is 5.48. The molecule has 1 amide bonds. The SMILES string of the molecule is CNCC1CCN(C(=O)C2(c3ccccc3)CCOCC2)CC1. The highest BCUT2D eigenvalue weighted by molar-refractivity contribution is 5.88. The summed E-state index contributed by atoms with van der Waals surface area (Å²) < 4.78 is 5.55. The smallest absolute Gasteiger partial charge is 0.233 e. The summed E-state index contributed by atoms with van der Waals surface area (Å²) in [5, 5.41) is 3.26.